The normalized spacial score (nSPS) is 10.8. The number of oxazole rings is 1. The van der Waals surface area contributed by atoms with E-state index < -0.39 is 0 Å². The van der Waals surface area contributed by atoms with Gasteiger partial charge >= 0.3 is 0 Å². The topological polar surface area (TPSA) is 66.5 Å². The lowest BCUT2D eigenvalue weighted by Crippen LogP contribution is -1.92. The van der Waals surface area contributed by atoms with Crippen LogP contribution in [0.1, 0.15) is 22.3 Å². The predicted molar refractivity (Wildman–Crippen MR) is 121 cm³/mol. The molecule has 4 nitrogen and oxygen atoms in total. The van der Waals surface area contributed by atoms with Crippen molar-refractivity contribution >= 4 is 21.9 Å². The van der Waals surface area contributed by atoms with Crippen molar-refractivity contribution in [1.29, 1.82) is 0 Å². The van der Waals surface area contributed by atoms with Crippen LogP contribution in [0.15, 0.2) is 83.6 Å². The Labute approximate surface area is 179 Å². The molecule has 1 heterocycles. The summed E-state index contributed by atoms with van der Waals surface area (Å²) in [7, 11) is 0. The Balaban J connectivity index is 1.48. The van der Waals surface area contributed by atoms with Crippen LogP contribution in [0, 0.1) is 11.8 Å². The van der Waals surface area contributed by atoms with Crippen molar-refractivity contribution in [2.75, 3.05) is 0 Å². The maximum Gasteiger partial charge on any atom is 0.181 e. The molecule has 0 saturated heterocycles. The lowest BCUT2D eigenvalue weighted by Gasteiger charge is -2.11. The summed E-state index contributed by atoms with van der Waals surface area (Å²) in [5.74, 6) is 6.49. The van der Waals surface area contributed by atoms with Crippen molar-refractivity contribution in [2.24, 2.45) is 0 Å². The van der Waals surface area contributed by atoms with E-state index in [-0.39, 0.29) is 11.5 Å². The molecule has 0 amide bonds. The van der Waals surface area contributed by atoms with Crippen molar-refractivity contribution < 1.29 is 14.6 Å². The summed E-state index contributed by atoms with van der Waals surface area (Å²) in [4.78, 5) is 4.17. The van der Waals surface area contributed by atoms with E-state index in [9.17, 15) is 10.2 Å². The first-order chi connectivity index (χ1) is 15.2. The Kier molecular flexibility index (Phi) is 4.78. The highest BCUT2D eigenvalue weighted by molar-refractivity contribution is 5.92. The van der Waals surface area contributed by atoms with Crippen molar-refractivity contribution in [3.63, 3.8) is 0 Å². The number of rotatable bonds is 3. The van der Waals surface area contributed by atoms with Gasteiger partial charge in [-0.1, -0.05) is 54.3 Å². The van der Waals surface area contributed by atoms with Crippen LogP contribution in [0.2, 0.25) is 0 Å². The Morgan fingerprint density at radius 1 is 0.871 bits per heavy atom. The van der Waals surface area contributed by atoms with E-state index in [0.29, 0.717) is 29.4 Å². The van der Waals surface area contributed by atoms with E-state index >= 15 is 0 Å². The molecule has 0 aliphatic rings. The molecule has 0 aliphatic heterocycles. The lowest BCUT2D eigenvalue weighted by molar-refractivity contribution is 0.445. The molecule has 0 unspecified atom stereocenters. The van der Waals surface area contributed by atoms with Gasteiger partial charge < -0.3 is 14.6 Å². The van der Waals surface area contributed by atoms with Crippen LogP contribution in [-0.4, -0.2) is 15.2 Å². The van der Waals surface area contributed by atoms with Crippen molar-refractivity contribution in [3.8, 4) is 23.3 Å². The number of phenolic OH excluding ortho intramolecular Hbond substituents is 2. The third-order valence-corrected chi connectivity index (χ3v) is 5.34. The number of phenols is 2. The van der Waals surface area contributed by atoms with E-state index in [0.717, 1.165) is 27.6 Å². The average Bonchev–Trinajstić information content (AvgIpc) is 3.26. The molecule has 0 aliphatic carbocycles. The highest BCUT2D eigenvalue weighted by Crippen LogP contribution is 2.37. The van der Waals surface area contributed by atoms with Crippen molar-refractivity contribution in [2.45, 2.75) is 12.8 Å². The first-order valence-corrected chi connectivity index (χ1v) is 10.00. The lowest BCUT2D eigenvalue weighted by atomic mass is 9.97. The van der Waals surface area contributed by atoms with Crippen LogP contribution >= 0.6 is 0 Å². The molecule has 0 fully saturated rings. The van der Waals surface area contributed by atoms with Gasteiger partial charge in [-0.15, -0.1) is 0 Å². The minimum absolute atomic E-state index is 0.0631. The van der Waals surface area contributed by atoms with Crippen molar-refractivity contribution in [1.82, 2.24) is 4.98 Å². The maximum absolute atomic E-state index is 11.0. The second kappa shape index (κ2) is 7.89. The van der Waals surface area contributed by atoms with Gasteiger partial charge in [-0.25, -0.2) is 4.98 Å². The number of nitrogens with zero attached hydrogens (tertiary/aromatic N) is 1. The standard InChI is InChI=1S/C27H19NO3/c29-25-16-21-11-9-19(8-4-7-18-5-2-1-3-6-18)13-22(21)27(30)23(25)14-20-10-12-26-24(15-20)28-17-31-26/h1-3,5-6,9-13,15-17,29-30H,7,14H2. The summed E-state index contributed by atoms with van der Waals surface area (Å²) >= 11 is 0. The molecular weight excluding hydrogens is 386 g/mol. The number of fused-ring (bicyclic) bond motifs is 2. The van der Waals surface area contributed by atoms with Crippen LogP contribution in [-0.2, 0) is 12.8 Å². The largest absolute Gasteiger partial charge is 0.507 e. The molecule has 0 saturated carbocycles. The molecule has 150 valence electrons. The molecule has 4 aromatic carbocycles. The Hall–Kier alpha value is -4.23. The minimum atomic E-state index is 0.0631. The van der Waals surface area contributed by atoms with Crippen LogP contribution in [0.4, 0.5) is 0 Å². The molecule has 5 aromatic rings. The summed E-state index contributed by atoms with van der Waals surface area (Å²) in [6.07, 6.45) is 2.44. The zero-order chi connectivity index (χ0) is 21.2. The summed E-state index contributed by atoms with van der Waals surface area (Å²) in [5, 5.41) is 22.9. The summed E-state index contributed by atoms with van der Waals surface area (Å²) in [6.45, 7) is 0. The van der Waals surface area contributed by atoms with Gasteiger partial charge in [0.05, 0.1) is 0 Å². The Bertz CT molecular complexity index is 1460. The van der Waals surface area contributed by atoms with Crippen LogP contribution < -0.4 is 0 Å². The van der Waals surface area contributed by atoms with E-state index in [1.165, 1.54) is 6.39 Å². The number of benzene rings is 4. The van der Waals surface area contributed by atoms with Gasteiger partial charge in [0, 0.05) is 29.4 Å². The van der Waals surface area contributed by atoms with E-state index in [2.05, 4.69) is 16.8 Å². The Morgan fingerprint density at radius 3 is 2.61 bits per heavy atom. The van der Waals surface area contributed by atoms with Gasteiger partial charge in [0.25, 0.3) is 0 Å². The number of hydrogen-bond donors (Lipinski definition) is 2. The minimum Gasteiger partial charge on any atom is -0.507 e. The van der Waals surface area contributed by atoms with Gasteiger partial charge in [0.15, 0.2) is 12.0 Å². The second-order valence-corrected chi connectivity index (χ2v) is 7.45. The third-order valence-electron chi connectivity index (χ3n) is 5.34. The summed E-state index contributed by atoms with van der Waals surface area (Å²) in [6, 6.07) is 23.0. The second-order valence-electron chi connectivity index (χ2n) is 7.45. The molecule has 0 spiro atoms. The Morgan fingerprint density at radius 2 is 1.74 bits per heavy atom. The molecule has 1 aromatic heterocycles. The van der Waals surface area contributed by atoms with E-state index in [1.54, 1.807) is 6.07 Å². The highest BCUT2D eigenvalue weighted by atomic mass is 16.3. The van der Waals surface area contributed by atoms with Crippen LogP contribution in [0.25, 0.3) is 21.9 Å². The van der Waals surface area contributed by atoms with E-state index in [1.807, 2.05) is 66.7 Å². The fourth-order valence-corrected chi connectivity index (χ4v) is 3.72. The van der Waals surface area contributed by atoms with Gasteiger partial charge in [-0.3, -0.25) is 0 Å². The van der Waals surface area contributed by atoms with Gasteiger partial charge in [0.2, 0.25) is 0 Å². The first-order valence-electron chi connectivity index (χ1n) is 10.00. The SMILES string of the molecule is Oc1cc2ccc(C#CCc3ccccc3)cc2c(O)c1Cc1ccc2ocnc2c1. The first kappa shape index (κ1) is 18.8. The van der Waals surface area contributed by atoms with Gasteiger partial charge in [-0.05, 0) is 46.8 Å². The zero-order valence-electron chi connectivity index (χ0n) is 16.7. The number of aromatic hydroxyl groups is 2. The van der Waals surface area contributed by atoms with Crippen molar-refractivity contribution in [3.05, 3.63) is 101 Å². The van der Waals surface area contributed by atoms with E-state index in [4.69, 9.17) is 4.42 Å². The highest BCUT2D eigenvalue weighted by Gasteiger charge is 2.14. The predicted octanol–water partition coefficient (Wildman–Crippen LogP) is 5.58. The quantitative estimate of drug-likeness (QED) is 0.385. The average molecular weight is 405 g/mol. The third kappa shape index (κ3) is 3.82. The maximum atomic E-state index is 11.0. The summed E-state index contributed by atoms with van der Waals surface area (Å²) < 4.78 is 5.28. The number of hydrogen-bond acceptors (Lipinski definition) is 4. The fourth-order valence-electron chi connectivity index (χ4n) is 3.72. The van der Waals surface area contributed by atoms with Gasteiger partial charge in [0.1, 0.15) is 17.0 Å². The molecule has 0 radical (unpaired) electrons. The molecule has 2 N–H and O–H groups in total. The van der Waals surface area contributed by atoms with Crippen LogP contribution in [0.5, 0.6) is 11.5 Å². The number of aromatic nitrogens is 1. The molecular formula is C27H19NO3. The van der Waals surface area contributed by atoms with Crippen LogP contribution in [0.3, 0.4) is 0 Å². The summed E-state index contributed by atoms with van der Waals surface area (Å²) in [5.41, 5.74) is 4.83. The smallest absolute Gasteiger partial charge is 0.181 e. The zero-order valence-corrected chi connectivity index (χ0v) is 16.7. The fraction of sp³-hybridized carbons (Fsp3) is 0.0741. The monoisotopic (exact) mass is 405 g/mol. The molecule has 0 atom stereocenters. The molecule has 31 heavy (non-hydrogen) atoms. The molecule has 0 bridgehead atoms. The molecule has 5 rings (SSSR count). The van der Waals surface area contributed by atoms with Gasteiger partial charge in [-0.2, -0.15) is 0 Å². The molecule has 4 heteroatoms.